The second-order valence-electron chi connectivity index (χ2n) is 11.7. The zero-order valence-corrected chi connectivity index (χ0v) is 27.7. The first-order valence-electron chi connectivity index (χ1n) is 15.6. The van der Waals surface area contributed by atoms with Gasteiger partial charge in [-0.15, -0.1) is 0 Å². The number of fused-ring (bicyclic) bond motifs is 1. The number of nitrogens with one attached hydrogen (secondary N) is 1. The van der Waals surface area contributed by atoms with Crippen LogP contribution in [0.1, 0.15) is 43.1 Å². The molecule has 0 saturated carbocycles. The van der Waals surface area contributed by atoms with E-state index in [2.05, 4.69) is 11.6 Å². The van der Waals surface area contributed by atoms with Crippen LogP contribution < -0.4 is 10.3 Å². The van der Waals surface area contributed by atoms with Crippen LogP contribution >= 0.6 is 0 Å². The van der Waals surface area contributed by atoms with Crippen LogP contribution in [-0.2, 0) is 45.5 Å². The van der Waals surface area contributed by atoms with Crippen molar-refractivity contribution in [2.75, 3.05) is 14.1 Å². The highest BCUT2D eigenvalue weighted by Crippen LogP contribution is 2.28. The van der Waals surface area contributed by atoms with Crippen LogP contribution in [0.15, 0.2) is 101 Å². The molecule has 0 fully saturated rings. The Bertz CT molecular complexity index is 2050. The van der Waals surface area contributed by atoms with Gasteiger partial charge in [-0.1, -0.05) is 86.1 Å². The van der Waals surface area contributed by atoms with Crippen LogP contribution in [0, 0.1) is 0 Å². The second kappa shape index (κ2) is 14.6. The lowest BCUT2D eigenvalue weighted by atomic mass is 10.0. The van der Waals surface area contributed by atoms with E-state index in [-0.39, 0.29) is 29.3 Å². The molecular formula is C36H39N5O5S. The van der Waals surface area contributed by atoms with Crippen molar-refractivity contribution in [1.82, 2.24) is 23.7 Å². The molecule has 47 heavy (non-hydrogen) atoms. The first kappa shape index (κ1) is 33.3. The number of pyridine rings is 1. The monoisotopic (exact) mass is 653 g/mol. The van der Waals surface area contributed by atoms with Crippen molar-refractivity contribution in [3.8, 4) is 11.1 Å². The molecule has 2 amide bonds. The number of unbranched alkanes of at least 4 members (excludes halogenated alkanes) is 1. The molecule has 5 aromatic rings. The zero-order valence-electron chi connectivity index (χ0n) is 26.8. The van der Waals surface area contributed by atoms with E-state index in [9.17, 15) is 22.8 Å². The maximum Gasteiger partial charge on any atom is 0.277 e. The number of nitrogens with zero attached hydrogens (tertiary/aromatic N) is 4. The van der Waals surface area contributed by atoms with Crippen molar-refractivity contribution in [2.24, 2.45) is 0 Å². The third-order valence-electron chi connectivity index (χ3n) is 8.02. The number of carbonyl (C=O) groups excluding carboxylic acids is 2. The lowest BCUT2D eigenvalue weighted by Gasteiger charge is -2.14. The van der Waals surface area contributed by atoms with E-state index in [0.29, 0.717) is 41.5 Å². The van der Waals surface area contributed by atoms with Crippen LogP contribution in [0.4, 0.5) is 0 Å². The van der Waals surface area contributed by atoms with E-state index >= 15 is 0 Å². The number of amides is 2. The van der Waals surface area contributed by atoms with Gasteiger partial charge in [-0.25, -0.2) is 18.1 Å². The van der Waals surface area contributed by atoms with Gasteiger partial charge in [0.25, 0.3) is 15.6 Å². The Morgan fingerprint density at radius 2 is 1.57 bits per heavy atom. The summed E-state index contributed by atoms with van der Waals surface area (Å²) in [6, 6.07) is 25.2. The Kier molecular flexibility index (Phi) is 10.4. The molecule has 11 heteroatoms. The molecule has 2 aromatic heterocycles. The van der Waals surface area contributed by atoms with E-state index in [0.717, 1.165) is 29.8 Å². The van der Waals surface area contributed by atoms with Crippen LogP contribution in [0.2, 0.25) is 0 Å². The topological polar surface area (TPSA) is 123 Å². The highest BCUT2D eigenvalue weighted by atomic mass is 32.2. The number of aryl methyl sites for hydroxylation is 2. The van der Waals surface area contributed by atoms with Gasteiger partial charge >= 0.3 is 0 Å². The van der Waals surface area contributed by atoms with Crippen molar-refractivity contribution in [3.05, 3.63) is 118 Å². The smallest absolute Gasteiger partial charge is 0.277 e. The summed E-state index contributed by atoms with van der Waals surface area (Å²) in [5.74, 6) is 0.0306. The summed E-state index contributed by atoms with van der Waals surface area (Å²) in [6.07, 6.45) is 4.65. The number of hydrogen-bond donors (Lipinski definition) is 1. The van der Waals surface area contributed by atoms with Crippen molar-refractivity contribution in [1.29, 1.82) is 0 Å². The minimum absolute atomic E-state index is 0.0103. The zero-order chi connectivity index (χ0) is 33.6. The lowest BCUT2D eigenvalue weighted by molar-refractivity contribution is -0.129. The summed E-state index contributed by atoms with van der Waals surface area (Å²) in [7, 11) is -0.827. The summed E-state index contributed by atoms with van der Waals surface area (Å²) in [5, 5.41) is 0. The number of likely N-dealkylation sites (N-methyl/N-ethyl adjacent to an activating group) is 1. The SMILES string of the molecule is CCCCc1nc2ccn(CC(=O)N(C)C)c(=O)c2n1Cc1ccc(-c2ccccc2S(=O)(=O)NC(=O)CCc2ccccc2)cc1. The van der Waals surface area contributed by atoms with E-state index in [1.54, 1.807) is 44.6 Å². The molecule has 2 heterocycles. The molecule has 0 aliphatic rings. The third kappa shape index (κ3) is 7.86. The van der Waals surface area contributed by atoms with E-state index in [1.165, 1.54) is 15.5 Å². The predicted octanol–water partition coefficient (Wildman–Crippen LogP) is 4.78. The van der Waals surface area contributed by atoms with Gasteiger partial charge in [0.15, 0.2) is 0 Å². The molecule has 5 rings (SSSR count). The Balaban J connectivity index is 1.40. The summed E-state index contributed by atoms with van der Waals surface area (Å²) in [4.78, 5) is 44.8. The first-order valence-corrected chi connectivity index (χ1v) is 17.1. The average molecular weight is 654 g/mol. The molecule has 244 valence electrons. The number of rotatable bonds is 13. The van der Waals surface area contributed by atoms with Crippen LogP contribution in [0.5, 0.6) is 0 Å². The molecule has 0 atom stereocenters. The quantitative estimate of drug-likeness (QED) is 0.195. The Morgan fingerprint density at radius 1 is 0.872 bits per heavy atom. The molecule has 10 nitrogen and oxygen atoms in total. The molecular weight excluding hydrogens is 614 g/mol. The average Bonchev–Trinajstić information content (AvgIpc) is 3.42. The Labute approximate surface area is 274 Å². The van der Waals surface area contributed by atoms with E-state index < -0.39 is 15.9 Å². The molecule has 0 aliphatic carbocycles. The molecule has 0 aliphatic heterocycles. The fourth-order valence-electron chi connectivity index (χ4n) is 5.40. The van der Waals surface area contributed by atoms with Gasteiger partial charge in [0.05, 0.1) is 10.4 Å². The fourth-order valence-corrected chi connectivity index (χ4v) is 6.65. The molecule has 1 N–H and O–H groups in total. The van der Waals surface area contributed by atoms with Crippen molar-refractivity contribution in [3.63, 3.8) is 0 Å². The number of aromatic nitrogens is 3. The predicted molar refractivity (Wildman–Crippen MR) is 182 cm³/mol. The molecule has 0 saturated heterocycles. The Hall–Kier alpha value is -5.03. The second-order valence-corrected chi connectivity index (χ2v) is 13.3. The number of carbonyl (C=O) groups is 2. The van der Waals surface area contributed by atoms with E-state index in [1.807, 2.05) is 59.2 Å². The third-order valence-corrected chi connectivity index (χ3v) is 9.45. The normalized spacial score (nSPS) is 11.5. The van der Waals surface area contributed by atoms with Gasteiger partial charge in [-0.05, 0) is 41.7 Å². The van der Waals surface area contributed by atoms with E-state index in [4.69, 9.17) is 4.98 Å². The standard InChI is InChI=1S/C36H39N5O5S/c1-4-5-15-32-37-30-22-23-40(25-34(43)39(2)3)36(44)35(30)41(32)24-27-16-19-28(20-17-27)29-13-9-10-14-31(29)47(45,46)38-33(42)21-18-26-11-7-6-8-12-26/h6-14,16-17,19-20,22-23H,4-5,15,18,21,24-25H2,1-3H3,(H,38,42). The van der Waals surface area contributed by atoms with Gasteiger partial charge in [0, 0.05) is 45.2 Å². The van der Waals surface area contributed by atoms with Crippen LogP contribution in [0.3, 0.4) is 0 Å². The molecule has 0 radical (unpaired) electrons. The maximum atomic E-state index is 13.6. The largest absolute Gasteiger partial charge is 0.347 e. The first-order chi connectivity index (χ1) is 22.6. The number of benzene rings is 3. The molecule has 0 bridgehead atoms. The number of sulfonamides is 1. The minimum atomic E-state index is -4.13. The summed E-state index contributed by atoms with van der Waals surface area (Å²) < 4.78 is 32.2. The highest BCUT2D eigenvalue weighted by Gasteiger charge is 2.22. The maximum absolute atomic E-state index is 13.6. The van der Waals surface area contributed by atoms with Crippen molar-refractivity contribution < 1.29 is 18.0 Å². The molecule has 0 unspecified atom stereocenters. The van der Waals surface area contributed by atoms with Gasteiger partial charge < -0.3 is 14.0 Å². The number of hydrogen-bond acceptors (Lipinski definition) is 6. The Morgan fingerprint density at radius 3 is 2.28 bits per heavy atom. The summed E-state index contributed by atoms with van der Waals surface area (Å²) in [6.45, 7) is 2.40. The number of imidazole rings is 1. The summed E-state index contributed by atoms with van der Waals surface area (Å²) >= 11 is 0. The van der Waals surface area contributed by atoms with Crippen molar-refractivity contribution in [2.45, 2.75) is 57.0 Å². The lowest BCUT2D eigenvalue weighted by Crippen LogP contribution is -2.31. The fraction of sp³-hybridized carbons (Fsp3) is 0.278. The van der Waals surface area contributed by atoms with Crippen LogP contribution in [-0.4, -0.2) is 53.3 Å². The van der Waals surface area contributed by atoms with Gasteiger partial charge in [0.1, 0.15) is 17.9 Å². The summed E-state index contributed by atoms with van der Waals surface area (Å²) in [5.41, 5.74) is 3.70. The molecule has 3 aromatic carbocycles. The van der Waals surface area contributed by atoms with Gasteiger partial charge in [0.2, 0.25) is 11.8 Å². The molecule has 0 spiro atoms. The highest BCUT2D eigenvalue weighted by molar-refractivity contribution is 7.90. The van der Waals surface area contributed by atoms with Crippen molar-refractivity contribution >= 4 is 32.9 Å². The van der Waals surface area contributed by atoms with Gasteiger partial charge in [-0.3, -0.25) is 14.4 Å². The minimum Gasteiger partial charge on any atom is -0.347 e. The van der Waals surface area contributed by atoms with Gasteiger partial charge in [-0.2, -0.15) is 0 Å². The van der Waals surface area contributed by atoms with Crippen LogP contribution in [0.25, 0.3) is 22.2 Å².